The molecule has 170 valence electrons. The number of rotatable bonds is 6. The van der Waals surface area contributed by atoms with E-state index < -0.39 is 5.82 Å². The van der Waals surface area contributed by atoms with Crippen LogP contribution in [-0.4, -0.2) is 20.3 Å². The van der Waals surface area contributed by atoms with Crippen LogP contribution in [0.15, 0.2) is 53.3 Å². The molecule has 33 heavy (non-hydrogen) atoms. The van der Waals surface area contributed by atoms with Gasteiger partial charge in [0.15, 0.2) is 0 Å². The van der Waals surface area contributed by atoms with Gasteiger partial charge >= 0.3 is 0 Å². The van der Waals surface area contributed by atoms with Crippen molar-refractivity contribution >= 4 is 16.9 Å². The van der Waals surface area contributed by atoms with E-state index in [1.165, 1.54) is 28.8 Å². The van der Waals surface area contributed by atoms with E-state index in [9.17, 15) is 18.4 Å². The van der Waals surface area contributed by atoms with E-state index in [0.29, 0.717) is 22.6 Å². The van der Waals surface area contributed by atoms with Gasteiger partial charge in [0.1, 0.15) is 17.3 Å². The van der Waals surface area contributed by atoms with Crippen LogP contribution in [0.1, 0.15) is 28.8 Å². The van der Waals surface area contributed by atoms with Gasteiger partial charge < -0.3 is 5.32 Å². The third-order valence-electron chi connectivity index (χ3n) is 5.80. The highest BCUT2D eigenvalue weighted by Gasteiger charge is 2.20. The molecule has 2 aromatic carbocycles. The van der Waals surface area contributed by atoms with Crippen LogP contribution in [0.4, 0.5) is 8.78 Å². The van der Waals surface area contributed by atoms with Crippen LogP contribution in [0.2, 0.25) is 0 Å². The lowest BCUT2D eigenvalue weighted by atomic mass is 10.0. The summed E-state index contributed by atoms with van der Waals surface area (Å²) < 4.78 is 29.9. The predicted molar refractivity (Wildman–Crippen MR) is 122 cm³/mol. The average Bonchev–Trinajstić information content (AvgIpc) is 3.14. The van der Waals surface area contributed by atoms with Gasteiger partial charge in [-0.3, -0.25) is 14.2 Å². The molecule has 1 amide bonds. The number of nitrogens with one attached hydrogen (secondary N) is 1. The number of nitrogens with zero attached hydrogens (tertiary/aromatic N) is 3. The standard InChI is InChI=1S/C25H24F2N4O2/c1-15-21(11-12-22(32)28-14-17-7-9-18(26)10-8-17)25(33)30(3)24-23(15)16(2)29-31(24)20-6-4-5-19(27)13-20/h4-10,13H,11-12,14H2,1-3H3,(H,28,32). The molecule has 0 aliphatic heterocycles. The van der Waals surface area contributed by atoms with Gasteiger partial charge in [0.05, 0.1) is 11.4 Å². The zero-order chi connectivity index (χ0) is 23.7. The third-order valence-corrected chi connectivity index (χ3v) is 5.80. The van der Waals surface area contributed by atoms with Crippen molar-refractivity contribution in [1.29, 1.82) is 0 Å². The number of pyridine rings is 1. The fourth-order valence-electron chi connectivity index (χ4n) is 4.09. The van der Waals surface area contributed by atoms with Crippen molar-refractivity contribution in [3.05, 3.63) is 92.9 Å². The first-order valence-corrected chi connectivity index (χ1v) is 10.6. The Balaban J connectivity index is 1.60. The van der Waals surface area contributed by atoms with Gasteiger partial charge in [-0.05, 0) is 61.7 Å². The minimum atomic E-state index is -0.390. The smallest absolute Gasteiger partial charge is 0.255 e. The maximum absolute atomic E-state index is 13.8. The number of hydrogen-bond acceptors (Lipinski definition) is 3. The Morgan fingerprint density at radius 3 is 2.48 bits per heavy atom. The average molecular weight is 450 g/mol. The van der Waals surface area contributed by atoms with Crippen LogP contribution in [-0.2, 0) is 24.8 Å². The molecule has 0 saturated heterocycles. The Hall–Kier alpha value is -3.81. The van der Waals surface area contributed by atoms with Crippen molar-refractivity contribution in [3.63, 3.8) is 0 Å². The monoisotopic (exact) mass is 450 g/mol. The van der Waals surface area contributed by atoms with Crippen LogP contribution in [0.5, 0.6) is 0 Å². The van der Waals surface area contributed by atoms with Gasteiger partial charge in [0, 0.05) is 31.0 Å². The molecule has 8 heteroatoms. The van der Waals surface area contributed by atoms with E-state index >= 15 is 0 Å². The van der Waals surface area contributed by atoms with Gasteiger partial charge in [-0.25, -0.2) is 13.5 Å². The topological polar surface area (TPSA) is 68.9 Å². The molecule has 2 aromatic heterocycles. The Morgan fingerprint density at radius 2 is 1.79 bits per heavy atom. The van der Waals surface area contributed by atoms with Crippen molar-refractivity contribution in [2.24, 2.45) is 7.05 Å². The number of hydrogen-bond donors (Lipinski definition) is 1. The number of benzene rings is 2. The van der Waals surface area contributed by atoms with Crippen molar-refractivity contribution in [2.75, 3.05) is 0 Å². The molecule has 0 unspecified atom stereocenters. The zero-order valence-corrected chi connectivity index (χ0v) is 18.7. The number of aromatic nitrogens is 3. The molecule has 0 spiro atoms. The highest BCUT2D eigenvalue weighted by Crippen LogP contribution is 2.26. The summed E-state index contributed by atoms with van der Waals surface area (Å²) in [5.41, 5.74) is 3.69. The first-order valence-electron chi connectivity index (χ1n) is 10.6. The third kappa shape index (κ3) is 4.41. The van der Waals surface area contributed by atoms with Crippen LogP contribution in [0.25, 0.3) is 16.7 Å². The van der Waals surface area contributed by atoms with Crippen molar-refractivity contribution in [3.8, 4) is 5.69 Å². The molecule has 0 bridgehead atoms. The summed E-state index contributed by atoms with van der Waals surface area (Å²) in [6.07, 6.45) is 0.411. The van der Waals surface area contributed by atoms with Crippen LogP contribution in [0.3, 0.4) is 0 Å². The Kier molecular flexibility index (Phi) is 6.09. The summed E-state index contributed by atoms with van der Waals surface area (Å²) in [4.78, 5) is 25.5. The lowest BCUT2D eigenvalue weighted by molar-refractivity contribution is -0.121. The molecule has 0 atom stereocenters. The number of carbonyl (C=O) groups excluding carboxylic acids is 1. The molecule has 0 radical (unpaired) electrons. The number of fused-ring (bicyclic) bond motifs is 1. The van der Waals surface area contributed by atoms with Crippen molar-refractivity contribution in [2.45, 2.75) is 33.2 Å². The number of aryl methyl sites for hydroxylation is 3. The van der Waals surface area contributed by atoms with E-state index in [4.69, 9.17) is 0 Å². The number of carbonyl (C=O) groups is 1. The minimum Gasteiger partial charge on any atom is -0.352 e. The second kappa shape index (κ2) is 8.97. The molecule has 4 aromatic rings. The molecular weight excluding hydrogens is 426 g/mol. The van der Waals surface area contributed by atoms with Crippen LogP contribution in [0, 0.1) is 25.5 Å². The Bertz CT molecular complexity index is 1400. The summed E-state index contributed by atoms with van der Waals surface area (Å²) in [7, 11) is 1.65. The second-order valence-corrected chi connectivity index (χ2v) is 8.05. The number of halogens is 2. The fourth-order valence-corrected chi connectivity index (χ4v) is 4.09. The molecule has 0 saturated carbocycles. The van der Waals surface area contributed by atoms with E-state index in [1.807, 2.05) is 13.8 Å². The van der Waals surface area contributed by atoms with Crippen LogP contribution < -0.4 is 10.9 Å². The minimum absolute atomic E-state index is 0.139. The first kappa shape index (κ1) is 22.4. The Labute approximate surface area is 189 Å². The maximum atomic E-state index is 13.8. The van der Waals surface area contributed by atoms with E-state index in [1.54, 1.807) is 36.0 Å². The Morgan fingerprint density at radius 1 is 1.06 bits per heavy atom. The molecule has 4 rings (SSSR count). The van der Waals surface area contributed by atoms with Crippen LogP contribution >= 0.6 is 0 Å². The summed E-state index contributed by atoms with van der Waals surface area (Å²) in [6.45, 7) is 3.98. The first-order chi connectivity index (χ1) is 15.8. The quantitative estimate of drug-likeness (QED) is 0.485. The summed E-state index contributed by atoms with van der Waals surface area (Å²) in [5.74, 6) is -0.922. The summed E-state index contributed by atoms with van der Waals surface area (Å²) in [5, 5.41) is 8.16. The highest BCUT2D eigenvalue weighted by atomic mass is 19.1. The lowest BCUT2D eigenvalue weighted by Gasteiger charge is -2.13. The molecule has 2 heterocycles. The molecule has 0 fully saturated rings. The van der Waals surface area contributed by atoms with E-state index in [-0.39, 0.29) is 36.7 Å². The van der Waals surface area contributed by atoms with Crippen molar-refractivity contribution in [1.82, 2.24) is 19.7 Å². The van der Waals surface area contributed by atoms with Gasteiger partial charge in [-0.1, -0.05) is 18.2 Å². The largest absolute Gasteiger partial charge is 0.352 e. The summed E-state index contributed by atoms with van der Waals surface area (Å²) >= 11 is 0. The molecule has 6 nitrogen and oxygen atoms in total. The van der Waals surface area contributed by atoms with Crippen molar-refractivity contribution < 1.29 is 13.6 Å². The summed E-state index contributed by atoms with van der Waals surface area (Å²) in [6, 6.07) is 12.0. The molecule has 0 aliphatic rings. The maximum Gasteiger partial charge on any atom is 0.255 e. The zero-order valence-electron chi connectivity index (χ0n) is 18.7. The molecule has 0 aliphatic carbocycles. The normalized spacial score (nSPS) is 11.2. The van der Waals surface area contributed by atoms with E-state index in [0.717, 1.165) is 16.5 Å². The highest BCUT2D eigenvalue weighted by molar-refractivity contribution is 5.85. The van der Waals surface area contributed by atoms with E-state index in [2.05, 4.69) is 10.4 Å². The molecular formula is C25H24F2N4O2. The molecule has 1 N–H and O–H groups in total. The van der Waals surface area contributed by atoms with Gasteiger partial charge in [-0.2, -0.15) is 5.10 Å². The SMILES string of the molecule is Cc1nn(-c2cccc(F)c2)c2c1c(C)c(CCC(=O)NCc1ccc(F)cc1)c(=O)n2C. The lowest BCUT2D eigenvalue weighted by Crippen LogP contribution is -2.27. The van der Waals surface area contributed by atoms with Gasteiger partial charge in [0.25, 0.3) is 5.56 Å². The predicted octanol–water partition coefficient (Wildman–Crippen LogP) is 3.87. The van der Waals surface area contributed by atoms with Gasteiger partial charge in [0.2, 0.25) is 5.91 Å². The van der Waals surface area contributed by atoms with Gasteiger partial charge in [-0.15, -0.1) is 0 Å². The fraction of sp³-hybridized carbons (Fsp3) is 0.240. The second-order valence-electron chi connectivity index (χ2n) is 8.05. The number of amides is 1.